The Bertz CT molecular complexity index is 1410. The van der Waals surface area contributed by atoms with Gasteiger partial charge in [0.1, 0.15) is 0 Å². The highest BCUT2D eigenvalue weighted by molar-refractivity contribution is 6.07. The molecule has 4 aromatic rings. The second-order valence-corrected chi connectivity index (χ2v) is 8.67. The van der Waals surface area contributed by atoms with Gasteiger partial charge >= 0.3 is 0 Å². The van der Waals surface area contributed by atoms with Gasteiger partial charge in [-0.25, -0.2) is 9.50 Å². The van der Waals surface area contributed by atoms with Gasteiger partial charge in [-0.2, -0.15) is 5.10 Å². The predicted molar refractivity (Wildman–Crippen MR) is 137 cm³/mol. The maximum absolute atomic E-state index is 13.6. The lowest BCUT2D eigenvalue weighted by atomic mass is 10.0. The molecule has 7 nitrogen and oxygen atoms in total. The molecule has 1 amide bonds. The van der Waals surface area contributed by atoms with Crippen LogP contribution in [0.25, 0.3) is 16.8 Å². The summed E-state index contributed by atoms with van der Waals surface area (Å²) in [6.45, 7) is 9.59. The third-order valence-electron chi connectivity index (χ3n) is 6.48. The first kappa shape index (κ1) is 22.9. The fourth-order valence-corrected chi connectivity index (χ4v) is 4.85. The van der Waals surface area contributed by atoms with E-state index in [1.54, 1.807) is 10.7 Å². The van der Waals surface area contributed by atoms with Gasteiger partial charge in [-0.3, -0.25) is 4.79 Å². The molecule has 7 heteroatoms. The van der Waals surface area contributed by atoms with Crippen LogP contribution in [0.1, 0.15) is 47.6 Å². The van der Waals surface area contributed by atoms with Gasteiger partial charge in [0.05, 0.1) is 30.2 Å². The summed E-state index contributed by atoms with van der Waals surface area (Å²) < 4.78 is 13.3. The van der Waals surface area contributed by atoms with Crippen molar-refractivity contribution < 1.29 is 14.3 Å². The minimum atomic E-state index is -0.0431. The van der Waals surface area contributed by atoms with E-state index >= 15 is 0 Å². The lowest BCUT2D eigenvalue weighted by molar-refractivity contribution is 0.0983. The van der Waals surface area contributed by atoms with Gasteiger partial charge < -0.3 is 14.4 Å². The van der Waals surface area contributed by atoms with Crippen molar-refractivity contribution in [3.8, 4) is 22.6 Å². The number of fused-ring (bicyclic) bond motifs is 2. The normalized spacial score (nSPS) is 13.1. The summed E-state index contributed by atoms with van der Waals surface area (Å²) >= 11 is 0. The summed E-state index contributed by atoms with van der Waals surface area (Å²) in [6, 6.07) is 14.0. The Morgan fingerprint density at radius 2 is 1.80 bits per heavy atom. The summed E-state index contributed by atoms with van der Waals surface area (Å²) in [6.07, 6.45) is 3.62. The van der Waals surface area contributed by atoms with Crippen molar-refractivity contribution >= 4 is 17.2 Å². The lowest BCUT2D eigenvalue weighted by Crippen LogP contribution is -2.36. The summed E-state index contributed by atoms with van der Waals surface area (Å²) in [5, 5.41) is 4.77. The number of anilines is 1. The van der Waals surface area contributed by atoms with Crippen molar-refractivity contribution in [1.82, 2.24) is 14.6 Å². The average Bonchev–Trinajstić information content (AvgIpc) is 3.21. The van der Waals surface area contributed by atoms with Gasteiger partial charge in [-0.1, -0.05) is 24.3 Å². The number of aryl methyl sites for hydroxylation is 3. The molecule has 0 fully saturated rings. The van der Waals surface area contributed by atoms with Gasteiger partial charge in [0, 0.05) is 24.0 Å². The van der Waals surface area contributed by atoms with Crippen LogP contribution in [-0.2, 0) is 6.42 Å². The van der Waals surface area contributed by atoms with E-state index in [2.05, 4.69) is 6.07 Å². The quantitative estimate of drug-likeness (QED) is 0.377. The number of carbonyl (C=O) groups excluding carboxylic acids is 1. The summed E-state index contributed by atoms with van der Waals surface area (Å²) in [5.41, 5.74) is 6.93. The van der Waals surface area contributed by atoms with Gasteiger partial charge in [0.15, 0.2) is 17.1 Å². The van der Waals surface area contributed by atoms with E-state index in [0.29, 0.717) is 42.5 Å². The molecule has 0 atom stereocenters. The van der Waals surface area contributed by atoms with Crippen LogP contribution in [0, 0.1) is 13.8 Å². The van der Waals surface area contributed by atoms with Gasteiger partial charge in [-0.05, 0) is 69.9 Å². The monoisotopic (exact) mass is 470 g/mol. The number of amides is 1. The van der Waals surface area contributed by atoms with Crippen molar-refractivity contribution in [3.05, 3.63) is 71.2 Å². The summed E-state index contributed by atoms with van der Waals surface area (Å²) in [4.78, 5) is 20.2. The predicted octanol–water partition coefficient (Wildman–Crippen LogP) is 5.40. The molecule has 0 saturated carbocycles. The number of carbonyl (C=O) groups is 1. The molecule has 0 spiro atoms. The Morgan fingerprint density at radius 3 is 2.60 bits per heavy atom. The number of rotatable bonds is 6. The van der Waals surface area contributed by atoms with E-state index < -0.39 is 0 Å². The van der Waals surface area contributed by atoms with Crippen LogP contribution < -0.4 is 14.4 Å². The first-order chi connectivity index (χ1) is 17.0. The fraction of sp³-hybridized carbons (Fsp3) is 0.321. The number of hydrogen-bond acceptors (Lipinski definition) is 5. The Hall–Kier alpha value is -3.87. The zero-order valence-corrected chi connectivity index (χ0v) is 20.7. The number of nitrogens with zero attached hydrogens (tertiary/aromatic N) is 4. The number of hydrogen-bond donors (Lipinski definition) is 0. The van der Waals surface area contributed by atoms with Crippen molar-refractivity contribution in [2.45, 2.75) is 40.5 Å². The van der Waals surface area contributed by atoms with E-state index in [0.717, 1.165) is 41.0 Å². The molecule has 1 aliphatic rings. The Kier molecular flexibility index (Phi) is 6.16. The molecule has 1 aliphatic heterocycles. The van der Waals surface area contributed by atoms with Crippen molar-refractivity contribution in [3.63, 3.8) is 0 Å². The standard InChI is InChI=1S/C28H30N4O3/c1-5-34-24-14-13-21(16-25(24)35-6-2)26-18(3)30-32-19(4)22(17-29-27(26)32)28(33)31-15-9-11-20-10-7-8-12-23(20)31/h7-8,10,12-14,16-17H,5-6,9,11,15H2,1-4H3. The highest BCUT2D eigenvalue weighted by atomic mass is 16.5. The molecule has 3 heterocycles. The molecule has 5 rings (SSSR count). The molecule has 2 aromatic heterocycles. The second-order valence-electron chi connectivity index (χ2n) is 8.67. The van der Waals surface area contributed by atoms with E-state index in [1.807, 2.05) is 69.0 Å². The van der Waals surface area contributed by atoms with Crippen LogP contribution in [0.3, 0.4) is 0 Å². The molecule has 35 heavy (non-hydrogen) atoms. The third kappa shape index (κ3) is 4.01. The van der Waals surface area contributed by atoms with Crippen LogP contribution in [0.4, 0.5) is 5.69 Å². The van der Waals surface area contributed by atoms with E-state index in [-0.39, 0.29) is 5.91 Å². The van der Waals surface area contributed by atoms with Gasteiger partial charge in [0.2, 0.25) is 0 Å². The molecule has 0 unspecified atom stereocenters. The molecule has 180 valence electrons. The largest absolute Gasteiger partial charge is 0.490 e. The zero-order chi connectivity index (χ0) is 24.5. The van der Waals surface area contributed by atoms with E-state index in [4.69, 9.17) is 19.6 Å². The number of benzene rings is 2. The summed E-state index contributed by atoms with van der Waals surface area (Å²) in [5.74, 6) is 1.36. The lowest BCUT2D eigenvalue weighted by Gasteiger charge is -2.29. The van der Waals surface area contributed by atoms with Crippen LogP contribution in [0.5, 0.6) is 11.5 Å². The van der Waals surface area contributed by atoms with Crippen molar-refractivity contribution in [2.24, 2.45) is 0 Å². The highest BCUT2D eigenvalue weighted by Gasteiger charge is 2.26. The number of ether oxygens (including phenoxy) is 2. The molecule has 0 saturated heterocycles. The molecular formula is C28H30N4O3. The van der Waals surface area contributed by atoms with E-state index in [1.165, 1.54) is 5.56 Å². The molecule has 0 N–H and O–H groups in total. The molecule has 0 aliphatic carbocycles. The number of para-hydroxylation sites is 1. The maximum atomic E-state index is 13.6. The molecule has 0 radical (unpaired) electrons. The zero-order valence-electron chi connectivity index (χ0n) is 20.7. The number of aromatic nitrogens is 3. The first-order valence-electron chi connectivity index (χ1n) is 12.2. The average molecular weight is 471 g/mol. The van der Waals surface area contributed by atoms with Gasteiger partial charge in [-0.15, -0.1) is 0 Å². The minimum Gasteiger partial charge on any atom is -0.490 e. The Morgan fingerprint density at radius 1 is 1.03 bits per heavy atom. The van der Waals surface area contributed by atoms with E-state index in [9.17, 15) is 4.79 Å². The smallest absolute Gasteiger partial charge is 0.261 e. The summed E-state index contributed by atoms with van der Waals surface area (Å²) in [7, 11) is 0. The molecule has 2 aromatic carbocycles. The van der Waals surface area contributed by atoms with Crippen LogP contribution >= 0.6 is 0 Å². The SMILES string of the molecule is CCOc1ccc(-c2c(C)nn3c(C)c(C(=O)N4CCCc5ccccc54)cnc23)cc1OCC. The minimum absolute atomic E-state index is 0.0431. The third-order valence-corrected chi connectivity index (χ3v) is 6.48. The Balaban J connectivity index is 1.57. The van der Waals surface area contributed by atoms with Crippen LogP contribution in [0.15, 0.2) is 48.7 Å². The fourth-order valence-electron chi connectivity index (χ4n) is 4.85. The molecular weight excluding hydrogens is 440 g/mol. The topological polar surface area (TPSA) is 69.0 Å². The highest BCUT2D eigenvalue weighted by Crippen LogP contribution is 2.36. The first-order valence-corrected chi connectivity index (χ1v) is 12.2. The van der Waals surface area contributed by atoms with Crippen LogP contribution in [0.2, 0.25) is 0 Å². The maximum Gasteiger partial charge on any atom is 0.261 e. The van der Waals surface area contributed by atoms with Crippen molar-refractivity contribution in [2.75, 3.05) is 24.7 Å². The van der Waals surface area contributed by atoms with Crippen molar-refractivity contribution in [1.29, 1.82) is 0 Å². The van der Waals surface area contributed by atoms with Crippen LogP contribution in [-0.4, -0.2) is 40.3 Å². The second kappa shape index (κ2) is 9.41. The molecule has 0 bridgehead atoms. The Labute approximate surface area is 205 Å². The van der Waals surface area contributed by atoms with Gasteiger partial charge in [0.25, 0.3) is 5.91 Å².